The average Bonchev–Trinajstić information content (AvgIpc) is 2.60. The van der Waals surface area contributed by atoms with Gasteiger partial charge in [-0.25, -0.2) is 4.98 Å². The highest BCUT2D eigenvalue weighted by molar-refractivity contribution is 8.00. The standard InChI is InChI=1S/C10H12N3S/c1-11-7-14-6-10-12-8-4-2-3-5-9(8)13-10/h2-5,7,11H,6H2,1H3,(H,12,13). The number of rotatable bonds is 4. The van der Waals surface area contributed by atoms with Gasteiger partial charge in [0, 0.05) is 0 Å². The zero-order chi connectivity index (χ0) is 9.80. The van der Waals surface area contributed by atoms with Crippen LogP contribution in [0.4, 0.5) is 0 Å². The highest BCUT2D eigenvalue weighted by Crippen LogP contribution is 2.15. The van der Waals surface area contributed by atoms with Gasteiger partial charge in [0.15, 0.2) is 0 Å². The van der Waals surface area contributed by atoms with Crippen LogP contribution < -0.4 is 5.32 Å². The minimum Gasteiger partial charge on any atom is -0.341 e. The second kappa shape index (κ2) is 4.48. The maximum Gasteiger partial charge on any atom is 0.117 e. The van der Waals surface area contributed by atoms with Gasteiger partial charge in [-0.3, -0.25) is 0 Å². The summed E-state index contributed by atoms with van der Waals surface area (Å²) in [5, 5.41) is 2.97. The predicted octanol–water partition coefficient (Wildman–Crippen LogP) is 2.13. The fraction of sp³-hybridized carbons (Fsp3) is 0.200. The first-order valence-corrected chi connectivity index (χ1v) is 5.49. The molecule has 73 valence electrons. The largest absolute Gasteiger partial charge is 0.341 e. The van der Waals surface area contributed by atoms with Gasteiger partial charge in [-0.1, -0.05) is 12.1 Å². The molecule has 4 heteroatoms. The van der Waals surface area contributed by atoms with E-state index in [9.17, 15) is 0 Å². The summed E-state index contributed by atoms with van der Waals surface area (Å²) in [5.41, 5.74) is 2.14. The summed E-state index contributed by atoms with van der Waals surface area (Å²) in [6, 6.07) is 8.07. The summed E-state index contributed by atoms with van der Waals surface area (Å²) in [7, 11) is 1.89. The lowest BCUT2D eigenvalue weighted by molar-refractivity contribution is 1.07. The molecule has 2 N–H and O–H groups in total. The quantitative estimate of drug-likeness (QED) is 0.753. The molecule has 0 aliphatic rings. The number of hydrogen-bond donors (Lipinski definition) is 2. The number of hydrogen-bond acceptors (Lipinski definition) is 3. The van der Waals surface area contributed by atoms with E-state index < -0.39 is 0 Å². The molecule has 0 aliphatic heterocycles. The molecule has 0 spiro atoms. The summed E-state index contributed by atoms with van der Waals surface area (Å²) < 4.78 is 0. The SMILES string of the molecule is CN[CH]SCc1nc2ccccc2[nH]1. The molecule has 2 aromatic rings. The van der Waals surface area contributed by atoms with Gasteiger partial charge >= 0.3 is 0 Å². The third-order valence-corrected chi connectivity index (χ3v) is 2.70. The van der Waals surface area contributed by atoms with Crippen molar-refractivity contribution in [1.82, 2.24) is 15.3 Å². The zero-order valence-corrected chi connectivity index (χ0v) is 8.77. The van der Waals surface area contributed by atoms with Crippen molar-refractivity contribution < 1.29 is 0 Å². The Bertz CT molecular complexity index is 377. The number of imidazole rings is 1. The molecule has 0 unspecified atom stereocenters. The van der Waals surface area contributed by atoms with Gasteiger partial charge in [-0.15, -0.1) is 11.8 Å². The molecule has 0 amide bonds. The number of benzene rings is 1. The Balaban J connectivity index is 2.11. The molecule has 1 radical (unpaired) electrons. The minimum atomic E-state index is 0.871. The Labute approximate surface area is 87.3 Å². The lowest BCUT2D eigenvalue weighted by atomic mass is 10.3. The van der Waals surface area contributed by atoms with E-state index in [1.165, 1.54) is 0 Å². The molecule has 1 aromatic carbocycles. The second-order valence-corrected chi connectivity index (χ2v) is 3.78. The monoisotopic (exact) mass is 206 g/mol. The fourth-order valence-electron chi connectivity index (χ4n) is 1.28. The van der Waals surface area contributed by atoms with Crippen molar-refractivity contribution in [3.63, 3.8) is 0 Å². The topological polar surface area (TPSA) is 40.7 Å². The van der Waals surface area contributed by atoms with Gasteiger partial charge in [0.25, 0.3) is 0 Å². The Hall–Kier alpha value is -1.00. The Morgan fingerprint density at radius 1 is 1.50 bits per heavy atom. The number of H-pyrrole nitrogens is 1. The van der Waals surface area contributed by atoms with E-state index in [-0.39, 0.29) is 0 Å². The molecule has 1 heterocycles. The number of fused-ring (bicyclic) bond motifs is 1. The summed E-state index contributed by atoms with van der Waals surface area (Å²) >= 11 is 1.69. The van der Waals surface area contributed by atoms with Crippen LogP contribution in [0.25, 0.3) is 11.0 Å². The first kappa shape index (κ1) is 9.55. The van der Waals surface area contributed by atoms with Crippen LogP contribution in [-0.2, 0) is 5.75 Å². The van der Waals surface area contributed by atoms with Crippen LogP contribution >= 0.6 is 11.8 Å². The third-order valence-electron chi connectivity index (χ3n) is 1.86. The number of nitrogens with one attached hydrogen (secondary N) is 2. The van der Waals surface area contributed by atoms with Crippen LogP contribution in [0.15, 0.2) is 24.3 Å². The van der Waals surface area contributed by atoms with E-state index in [1.807, 2.05) is 37.2 Å². The molecule has 2 rings (SSSR count). The molecule has 0 fully saturated rings. The molecule has 0 saturated carbocycles. The lowest BCUT2D eigenvalue weighted by Crippen LogP contribution is -1.97. The normalized spacial score (nSPS) is 10.9. The number of para-hydroxylation sites is 2. The van der Waals surface area contributed by atoms with Crippen LogP contribution in [0.3, 0.4) is 0 Å². The van der Waals surface area contributed by atoms with E-state index >= 15 is 0 Å². The molecule has 0 bridgehead atoms. The van der Waals surface area contributed by atoms with E-state index in [4.69, 9.17) is 0 Å². The molecule has 1 aromatic heterocycles. The van der Waals surface area contributed by atoms with Crippen molar-refractivity contribution in [2.75, 3.05) is 7.05 Å². The molecular formula is C10H12N3S. The number of aromatic amines is 1. The molecule has 0 aliphatic carbocycles. The third kappa shape index (κ3) is 2.08. The summed E-state index contributed by atoms with van der Waals surface area (Å²) in [6.07, 6.45) is 0. The lowest BCUT2D eigenvalue weighted by Gasteiger charge is -1.94. The maximum atomic E-state index is 4.46. The first-order chi connectivity index (χ1) is 6.90. The first-order valence-electron chi connectivity index (χ1n) is 4.44. The smallest absolute Gasteiger partial charge is 0.117 e. The maximum absolute atomic E-state index is 4.46. The molecule has 0 saturated heterocycles. The zero-order valence-electron chi connectivity index (χ0n) is 7.95. The van der Waals surface area contributed by atoms with E-state index in [1.54, 1.807) is 11.8 Å². The second-order valence-electron chi connectivity index (χ2n) is 2.92. The van der Waals surface area contributed by atoms with Gasteiger partial charge in [-0.05, 0) is 19.2 Å². The Kier molecular flexibility index (Phi) is 3.06. The van der Waals surface area contributed by atoms with E-state index in [0.717, 1.165) is 22.6 Å². The highest BCUT2D eigenvalue weighted by atomic mass is 32.2. The molecule has 0 atom stereocenters. The van der Waals surface area contributed by atoms with Gasteiger partial charge in [0.2, 0.25) is 0 Å². The fourth-order valence-corrected chi connectivity index (χ4v) is 1.82. The van der Waals surface area contributed by atoms with Crippen molar-refractivity contribution in [3.05, 3.63) is 36.0 Å². The summed E-state index contributed by atoms with van der Waals surface area (Å²) in [4.78, 5) is 7.74. The summed E-state index contributed by atoms with van der Waals surface area (Å²) in [5.74, 6) is 3.84. The van der Waals surface area contributed by atoms with E-state index in [2.05, 4.69) is 15.3 Å². The van der Waals surface area contributed by atoms with Crippen molar-refractivity contribution in [1.29, 1.82) is 0 Å². The van der Waals surface area contributed by atoms with Crippen molar-refractivity contribution >= 4 is 22.8 Å². The average molecular weight is 206 g/mol. The molecular weight excluding hydrogens is 194 g/mol. The highest BCUT2D eigenvalue weighted by Gasteiger charge is 2.00. The summed E-state index contributed by atoms with van der Waals surface area (Å²) in [6.45, 7) is 0. The van der Waals surface area contributed by atoms with Gasteiger partial charge in [0.05, 0.1) is 22.7 Å². The Morgan fingerprint density at radius 2 is 2.36 bits per heavy atom. The van der Waals surface area contributed by atoms with Crippen molar-refractivity contribution in [2.45, 2.75) is 5.75 Å². The van der Waals surface area contributed by atoms with Crippen molar-refractivity contribution in [2.24, 2.45) is 0 Å². The van der Waals surface area contributed by atoms with Gasteiger partial charge in [0.1, 0.15) is 5.82 Å². The number of nitrogens with zero attached hydrogens (tertiary/aromatic N) is 1. The predicted molar refractivity (Wildman–Crippen MR) is 60.7 cm³/mol. The van der Waals surface area contributed by atoms with Crippen LogP contribution in [0.5, 0.6) is 0 Å². The van der Waals surface area contributed by atoms with Crippen LogP contribution in [0.1, 0.15) is 5.82 Å². The number of aromatic nitrogens is 2. The molecule has 14 heavy (non-hydrogen) atoms. The van der Waals surface area contributed by atoms with Gasteiger partial charge < -0.3 is 10.3 Å². The van der Waals surface area contributed by atoms with Crippen LogP contribution in [0.2, 0.25) is 0 Å². The van der Waals surface area contributed by atoms with E-state index in [0.29, 0.717) is 0 Å². The van der Waals surface area contributed by atoms with Crippen molar-refractivity contribution in [3.8, 4) is 0 Å². The van der Waals surface area contributed by atoms with Crippen LogP contribution in [-0.4, -0.2) is 17.0 Å². The molecule has 3 nitrogen and oxygen atoms in total. The number of thioether (sulfide) groups is 1. The Morgan fingerprint density at radius 3 is 3.14 bits per heavy atom. The minimum absolute atomic E-state index is 0.871. The van der Waals surface area contributed by atoms with Gasteiger partial charge in [-0.2, -0.15) is 0 Å². The van der Waals surface area contributed by atoms with Crippen LogP contribution in [0, 0.1) is 5.88 Å².